The lowest BCUT2D eigenvalue weighted by Crippen LogP contribution is -2.08. The summed E-state index contributed by atoms with van der Waals surface area (Å²) in [7, 11) is -3.85. The third-order valence-corrected chi connectivity index (χ3v) is 9.10. The Morgan fingerprint density at radius 3 is 2.21 bits per heavy atom. The standard InChI is InChI=1S/C27H18BrCl3N4O3S/c1-39(36,37)24-22(25-32-33-26(38-25)27(12-13-27)16-4-8-18(29)9-5-16)34-35(21-11-10-19(30)14-20(21)31)23(24)15-2-6-17(28)7-3-15/h2-11,14H,12-13H2,1H3. The van der Waals surface area contributed by atoms with Crippen LogP contribution in [0.1, 0.15) is 24.3 Å². The van der Waals surface area contributed by atoms with Crippen LogP contribution in [0.5, 0.6) is 0 Å². The molecule has 7 nitrogen and oxygen atoms in total. The van der Waals surface area contributed by atoms with Crippen LogP contribution in [0.3, 0.4) is 0 Å². The molecule has 2 aromatic heterocycles. The Balaban J connectivity index is 1.58. The van der Waals surface area contributed by atoms with Gasteiger partial charge in [0.1, 0.15) is 4.90 Å². The number of rotatable bonds is 6. The van der Waals surface area contributed by atoms with E-state index in [4.69, 9.17) is 44.3 Å². The van der Waals surface area contributed by atoms with Crippen molar-refractivity contribution in [3.8, 4) is 28.5 Å². The first-order valence-corrected chi connectivity index (χ1v) is 15.5. The zero-order chi connectivity index (χ0) is 27.5. The topological polar surface area (TPSA) is 90.9 Å². The van der Waals surface area contributed by atoms with Gasteiger partial charge in [0.25, 0.3) is 5.89 Å². The number of aromatic nitrogens is 4. The lowest BCUT2D eigenvalue weighted by molar-refractivity contribution is 0.470. The summed E-state index contributed by atoms with van der Waals surface area (Å²) in [5.74, 6) is 0.386. The lowest BCUT2D eigenvalue weighted by atomic mass is 9.96. The van der Waals surface area contributed by atoms with Crippen molar-refractivity contribution in [3.63, 3.8) is 0 Å². The van der Waals surface area contributed by atoms with Gasteiger partial charge in [0.2, 0.25) is 5.89 Å². The first-order valence-electron chi connectivity index (χ1n) is 11.7. The van der Waals surface area contributed by atoms with E-state index in [1.54, 1.807) is 30.3 Å². The first-order chi connectivity index (χ1) is 18.6. The molecule has 0 amide bonds. The fourth-order valence-corrected chi connectivity index (χ4v) is 6.53. The molecule has 1 aliphatic rings. The third-order valence-electron chi connectivity index (χ3n) is 6.65. The van der Waals surface area contributed by atoms with Crippen LogP contribution < -0.4 is 0 Å². The van der Waals surface area contributed by atoms with Crippen molar-refractivity contribution in [1.82, 2.24) is 20.0 Å². The van der Waals surface area contributed by atoms with Crippen molar-refractivity contribution in [2.24, 2.45) is 0 Å². The zero-order valence-electron chi connectivity index (χ0n) is 20.2. The molecule has 2 heterocycles. The van der Waals surface area contributed by atoms with Gasteiger partial charge in [-0.1, -0.05) is 75.0 Å². The maximum atomic E-state index is 13.3. The molecule has 3 aromatic carbocycles. The highest BCUT2D eigenvalue weighted by atomic mass is 79.9. The van der Waals surface area contributed by atoms with Gasteiger partial charge in [-0.05, 0) is 60.9 Å². The van der Waals surface area contributed by atoms with Crippen molar-refractivity contribution < 1.29 is 12.8 Å². The molecule has 1 saturated carbocycles. The summed E-state index contributed by atoms with van der Waals surface area (Å²) < 4.78 is 35.1. The van der Waals surface area contributed by atoms with E-state index >= 15 is 0 Å². The van der Waals surface area contributed by atoms with E-state index in [-0.39, 0.29) is 16.5 Å². The summed E-state index contributed by atoms with van der Waals surface area (Å²) in [6.07, 6.45) is 2.75. The monoisotopic (exact) mass is 662 g/mol. The van der Waals surface area contributed by atoms with Crippen LogP contribution in [-0.2, 0) is 15.3 Å². The van der Waals surface area contributed by atoms with Crippen LogP contribution in [-0.4, -0.2) is 34.7 Å². The summed E-state index contributed by atoms with van der Waals surface area (Å²) in [5, 5.41) is 14.6. The van der Waals surface area contributed by atoms with Gasteiger partial charge in [-0.25, -0.2) is 13.1 Å². The van der Waals surface area contributed by atoms with Gasteiger partial charge in [0.05, 0.1) is 21.8 Å². The van der Waals surface area contributed by atoms with Crippen molar-refractivity contribution in [2.45, 2.75) is 23.2 Å². The SMILES string of the molecule is CS(=O)(=O)c1c(-c2nnc(C3(c4ccc(Cl)cc4)CC3)o2)nn(-c2ccc(Cl)cc2Cl)c1-c1ccc(Br)cc1. The minimum atomic E-state index is -3.85. The molecular weight excluding hydrogens is 647 g/mol. The summed E-state index contributed by atoms with van der Waals surface area (Å²) in [6, 6.07) is 19.6. The molecular formula is C27H18BrCl3N4O3S. The Bertz CT molecular complexity index is 1830. The highest BCUT2D eigenvalue weighted by Gasteiger charge is 2.51. The highest BCUT2D eigenvalue weighted by Crippen LogP contribution is 2.53. The summed E-state index contributed by atoms with van der Waals surface area (Å²) >= 11 is 22.2. The summed E-state index contributed by atoms with van der Waals surface area (Å²) in [4.78, 5) is -0.0534. The molecule has 0 aliphatic heterocycles. The molecule has 0 radical (unpaired) electrons. The minimum Gasteiger partial charge on any atom is -0.418 e. The quantitative estimate of drug-likeness (QED) is 0.184. The first kappa shape index (κ1) is 26.5. The Labute approximate surface area is 247 Å². The van der Waals surface area contributed by atoms with Crippen LogP contribution in [0.2, 0.25) is 15.1 Å². The maximum Gasteiger partial charge on any atom is 0.269 e. The molecule has 0 bridgehead atoms. The Morgan fingerprint density at radius 1 is 0.923 bits per heavy atom. The molecule has 0 N–H and O–H groups in total. The number of nitrogens with zero attached hydrogens (tertiary/aromatic N) is 4. The van der Waals surface area contributed by atoms with Gasteiger partial charge in [-0.3, -0.25) is 0 Å². The van der Waals surface area contributed by atoms with Gasteiger partial charge in [0.15, 0.2) is 15.5 Å². The Morgan fingerprint density at radius 2 is 1.59 bits per heavy atom. The van der Waals surface area contributed by atoms with Crippen molar-refractivity contribution in [3.05, 3.63) is 97.7 Å². The average molecular weight is 665 g/mol. The van der Waals surface area contributed by atoms with Gasteiger partial charge < -0.3 is 4.42 Å². The molecule has 0 saturated heterocycles. The molecule has 5 aromatic rings. The van der Waals surface area contributed by atoms with Crippen LogP contribution in [0.15, 0.2) is 80.5 Å². The molecule has 1 fully saturated rings. The molecule has 0 atom stereocenters. The Hall–Kier alpha value is -2.69. The van der Waals surface area contributed by atoms with E-state index in [0.29, 0.717) is 37.9 Å². The van der Waals surface area contributed by atoms with E-state index < -0.39 is 15.3 Å². The molecule has 6 rings (SSSR count). The van der Waals surface area contributed by atoms with Crippen LogP contribution in [0.25, 0.3) is 28.5 Å². The predicted molar refractivity (Wildman–Crippen MR) is 155 cm³/mol. The summed E-state index contributed by atoms with van der Waals surface area (Å²) in [5.41, 5.74) is 1.93. The van der Waals surface area contributed by atoms with E-state index in [0.717, 1.165) is 29.1 Å². The molecule has 198 valence electrons. The van der Waals surface area contributed by atoms with Crippen molar-refractivity contribution in [2.75, 3.05) is 6.26 Å². The van der Waals surface area contributed by atoms with Crippen LogP contribution in [0, 0.1) is 0 Å². The van der Waals surface area contributed by atoms with E-state index in [1.165, 1.54) is 4.68 Å². The second-order valence-electron chi connectivity index (χ2n) is 9.31. The fourth-order valence-electron chi connectivity index (χ4n) is 4.62. The Kier molecular flexibility index (Phi) is 6.63. The van der Waals surface area contributed by atoms with Crippen LogP contribution >= 0.6 is 50.7 Å². The second kappa shape index (κ2) is 9.74. The predicted octanol–water partition coefficient (Wildman–Crippen LogP) is 7.80. The van der Waals surface area contributed by atoms with Gasteiger partial charge >= 0.3 is 0 Å². The fraction of sp³-hybridized carbons (Fsp3) is 0.148. The van der Waals surface area contributed by atoms with E-state index in [9.17, 15) is 8.42 Å². The minimum absolute atomic E-state index is 0.00661. The smallest absolute Gasteiger partial charge is 0.269 e. The number of benzene rings is 3. The average Bonchev–Trinajstić information content (AvgIpc) is 3.35. The lowest BCUT2D eigenvalue weighted by Gasteiger charge is -2.11. The van der Waals surface area contributed by atoms with Crippen molar-refractivity contribution >= 4 is 60.6 Å². The van der Waals surface area contributed by atoms with E-state index in [1.807, 2.05) is 36.4 Å². The maximum absolute atomic E-state index is 13.3. The summed E-state index contributed by atoms with van der Waals surface area (Å²) in [6.45, 7) is 0. The van der Waals surface area contributed by atoms with Gasteiger partial charge in [0, 0.05) is 26.3 Å². The number of hydrogen-bond donors (Lipinski definition) is 0. The van der Waals surface area contributed by atoms with Crippen LogP contribution in [0.4, 0.5) is 0 Å². The van der Waals surface area contributed by atoms with Gasteiger partial charge in [-0.15, -0.1) is 10.2 Å². The molecule has 12 heteroatoms. The second-order valence-corrected chi connectivity index (χ2v) is 13.5. The molecule has 39 heavy (non-hydrogen) atoms. The van der Waals surface area contributed by atoms with E-state index in [2.05, 4.69) is 26.1 Å². The molecule has 0 unspecified atom stereocenters. The molecule has 0 spiro atoms. The zero-order valence-corrected chi connectivity index (χ0v) is 24.9. The normalized spacial score (nSPS) is 14.5. The number of sulfone groups is 1. The third kappa shape index (κ3) is 4.80. The number of halogens is 4. The van der Waals surface area contributed by atoms with Crippen molar-refractivity contribution in [1.29, 1.82) is 0 Å². The highest BCUT2D eigenvalue weighted by molar-refractivity contribution is 9.10. The number of hydrogen-bond acceptors (Lipinski definition) is 6. The van der Waals surface area contributed by atoms with Gasteiger partial charge in [-0.2, -0.15) is 5.10 Å². The largest absolute Gasteiger partial charge is 0.418 e. The molecule has 1 aliphatic carbocycles.